The summed E-state index contributed by atoms with van der Waals surface area (Å²) in [7, 11) is 0. The lowest BCUT2D eigenvalue weighted by atomic mass is 9.83. The third-order valence-electron chi connectivity index (χ3n) is 3.71. The van der Waals surface area contributed by atoms with Crippen LogP contribution in [0.3, 0.4) is 0 Å². The maximum Gasteiger partial charge on any atom is 0.375 e. The first-order valence-corrected chi connectivity index (χ1v) is 7.95. The predicted octanol–water partition coefficient (Wildman–Crippen LogP) is 2.93. The minimum absolute atomic E-state index is 0.0131. The Morgan fingerprint density at radius 3 is 2.64 bits per heavy atom. The molecule has 0 spiro atoms. The van der Waals surface area contributed by atoms with E-state index in [9.17, 15) is 14.9 Å². The van der Waals surface area contributed by atoms with E-state index in [1.807, 2.05) is 0 Å². The fourth-order valence-electron chi connectivity index (χ4n) is 2.45. The second kappa shape index (κ2) is 6.97. The third-order valence-corrected chi connectivity index (χ3v) is 4.14. The van der Waals surface area contributed by atoms with Crippen molar-refractivity contribution in [2.24, 2.45) is 0 Å². The lowest BCUT2D eigenvalue weighted by molar-refractivity contribution is -0.130. The van der Waals surface area contributed by atoms with Gasteiger partial charge >= 0.3 is 5.97 Å². The molecule has 0 aliphatic heterocycles. The fourth-order valence-corrected chi connectivity index (χ4v) is 2.76. The average Bonchev–Trinajstić information content (AvgIpc) is 2.94. The number of halogens is 1. The van der Waals surface area contributed by atoms with Gasteiger partial charge in [-0.25, -0.2) is 4.79 Å². The average molecular weight is 369 g/mol. The first kappa shape index (κ1) is 16.6. The standard InChI is InChI=1S/C15H17BrN2O4/c1-10(21-14(20)11-5-6-12(16)22-11)13(19)18-15(9-17)7-3-2-4-8-15/h5-6,10H,2-4,7-8H2,1H3,(H,18,19). The van der Waals surface area contributed by atoms with Crippen molar-refractivity contribution < 1.29 is 18.7 Å². The van der Waals surface area contributed by atoms with E-state index < -0.39 is 23.5 Å². The van der Waals surface area contributed by atoms with Crippen molar-refractivity contribution in [3.8, 4) is 6.07 Å². The Labute approximate surface area is 136 Å². The van der Waals surface area contributed by atoms with Crippen molar-refractivity contribution in [2.45, 2.75) is 50.7 Å². The topological polar surface area (TPSA) is 92.3 Å². The van der Waals surface area contributed by atoms with Gasteiger partial charge in [-0.05, 0) is 47.8 Å². The Kier molecular flexibility index (Phi) is 5.24. The first-order chi connectivity index (χ1) is 10.5. The quantitative estimate of drug-likeness (QED) is 0.824. The van der Waals surface area contributed by atoms with E-state index in [-0.39, 0.29) is 5.76 Å². The molecule has 1 aliphatic rings. The van der Waals surface area contributed by atoms with Crippen molar-refractivity contribution in [3.63, 3.8) is 0 Å². The third kappa shape index (κ3) is 3.89. The van der Waals surface area contributed by atoms with Crippen molar-refractivity contribution in [1.29, 1.82) is 5.26 Å². The summed E-state index contributed by atoms with van der Waals surface area (Å²) in [5.74, 6) is -1.18. The molecule has 1 unspecified atom stereocenters. The zero-order valence-electron chi connectivity index (χ0n) is 12.2. The zero-order valence-corrected chi connectivity index (χ0v) is 13.8. The van der Waals surface area contributed by atoms with Gasteiger partial charge in [0.05, 0.1) is 6.07 Å². The maximum absolute atomic E-state index is 12.2. The first-order valence-electron chi connectivity index (χ1n) is 7.15. The number of amides is 1. The monoisotopic (exact) mass is 368 g/mol. The van der Waals surface area contributed by atoms with Crippen molar-refractivity contribution in [3.05, 3.63) is 22.6 Å². The van der Waals surface area contributed by atoms with Crippen LogP contribution in [0.4, 0.5) is 0 Å². The summed E-state index contributed by atoms with van der Waals surface area (Å²) in [4.78, 5) is 24.0. The van der Waals surface area contributed by atoms with E-state index in [4.69, 9.17) is 9.15 Å². The summed E-state index contributed by atoms with van der Waals surface area (Å²) >= 11 is 3.09. The van der Waals surface area contributed by atoms with E-state index >= 15 is 0 Å². The molecule has 118 valence electrons. The highest BCUT2D eigenvalue weighted by atomic mass is 79.9. The van der Waals surface area contributed by atoms with Crippen LogP contribution in [0.1, 0.15) is 49.6 Å². The lowest BCUT2D eigenvalue weighted by Gasteiger charge is -2.32. The summed E-state index contributed by atoms with van der Waals surface area (Å²) in [6.45, 7) is 1.47. The second-order valence-corrected chi connectivity index (χ2v) is 6.18. The summed E-state index contributed by atoms with van der Waals surface area (Å²) in [5.41, 5.74) is -0.844. The van der Waals surface area contributed by atoms with Crippen LogP contribution in [0.25, 0.3) is 0 Å². The number of carbonyl (C=O) groups is 2. The van der Waals surface area contributed by atoms with Crippen LogP contribution in [0.5, 0.6) is 0 Å². The molecular formula is C15H17BrN2O4. The Morgan fingerprint density at radius 1 is 1.41 bits per heavy atom. The van der Waals surface area contributed by atoms with Gasteiger partial charge in [-0.1, -0.05) is 19.3 Å². The highest BCUT2D eigenvalue weighted by molar-refractivity contribution is 9.10. The summed E-state index contributed by atoms with van der Waals surface area (Å²) in [6.07, 6.45) is 3.13. The largest absolute Gasteiger partial charge is 0.447 e. The summed E-state index contributed by atoms with van der Waals surface area (Å²) < 4.78 is 10.5. The maximum atomic E-state index is 12.2. The highest BCUT2D eigenvalue weighted by Gasteiger charge is 2.35. The van der Waals surface area contributed by atoms with Crippen molar-refractivity contribution >= 4 is 27.8 Å². The van der Waals surface area contributed by atoms with Crippen LogP contribution >= 0.6 is 15.9 Å². The van der Waals surface area contributed by atoms with E-state index in [0.29, 0.717) is 17.5 Å². The Balaban J connectivity index is 1.94. The molecule has 7 heteroatoms. The number of esters is 1. The lowest BCUT2D eigenvalue weighted by Crippen LogP contribution is -2.52. The van der Waals surface area contributed by atoms with Crippen LogP contribution in [-0.2, 0) is 9.53 Å². The Morgan fingerprint density at radius 2 is 2.09 bits per heavy atom. The second-order valence-electron chi connectivity index (χ2n) is 5.40. The van der Waals surface area contributed by atoms with Crippen LogP contribution < -0.4 is 5.32 Å². The SMILES string of the molecule is CC(OC(=O)c1ccc(Br)o1)C(=O)NC1(C#N)CCCCC1. The molecule has 6 nitrogen and oxygen atoms in total. The van der Waals surface area contributed by atoms with Crippen molar-refractivity contribution in [2.75, 3.05) is 0 Å². The van der Waals surface area contributed by atoms with Crippen LogP contribution in [0.15, 0.2) is 21.2 Å². The molecule has 1 aromatic heterocycles. The molecule has 1 fully saturated rings. The van der Waals surface area contributed by atoms with Gasteiger partial charge in [0.15, 0.2) is 10.8 Å². The molecule has 0 aromatic carbocycles. The fraction of sp³-hybridized carbons (Fsp3) is 0.533. The predicted molar refractivity (Wildman–Crippen MR) is 80.9 cm³/mol. The molecule has 1 amide bonds. The number of nitrogens with zero attached hydrogens (tertiary/aromatic N) is 1. The van der Waals surface area contributed by atoms with Gasteiger partial charge in [-0.3, -0.25) is 4.79 Å². The molecule has 1 saturated carbocycles. The molecule has 0 bridgehead atoms. The van der Waals surface area contributed by atoms with Gasteiger partial charge < -0.3 is 14.5 Å². The highest BCUT2D eigenvalue weighted by Crippen LogP contribution is 2.27. The molecule has 1 aromatic rings. The zero-order chi connectivity index (χ0) is 16.2. The van der Waals surface area contributed by atoms with E-state index in [1.54, 1.807) is 6.07 Å². The summed E-state index contributed by atoms with van der Waals surface area (Å²) in [5, 5.41) is 12.1. The van der Waals surface area contributed by atoms with Crippen LogP contribution in [-0.4, -0.2) is 23.5 Å². The molecule has 1 heterocycles. The van der Waals surface area contributed by atoms with Gasteiger partial charge in [0.1, 0.15) is 5.54 Å². The van der Waals surface area contributed by atoms with Gasteiger partial charge in [0.2, 0.25) is 5.76 Å². The number of hydrogen-bond acceptors (Lipinski definition) is 5. The number of nitriles is 1. The van der Waals surface area contributed by atoms with Gasteiger partial charge in [-0.15, -0.1) is 0 Å². The Bertz CT molecular complexity index is 599. The van der Waals surface area contributed by atoms with E-state index in [2.05, 4.69) is 27.3 Å². The van der Waals surface area contributed by atoms with E-state index in [1.165, 1.54) is 13.0 Å². The number of rotatable bonds is 4. The number of ether oxygens (including phenoxy) is 1. The minimum atomic E-state index is -0.997. The number of furan rings is 1. The molecule has 1 aliphatic carbocycles. The number of hydrogen-bond donors (Lipinski definition) is 1. The molecule has 0 saturated heterocycles. The molecular weight excluding hydrogens is 352 g/mol. The molecule has 22 heavy (non-hydrogen) atoms. The smallest absolute Gasteiger partial charge is 0.375 e. The number of nitrogens with one attached hydrogen (secondary N) is 1. The van der Waals surface area contributed by atoms with E-state index in [0.717, 1.165) is 19.3 Å². The molecule has 1 N–H and O–H groups in total. The van der Waals surface area contributed by atoms with Crippen LogP contribution in [0.2, 0.25) is 0 Å². The van der Waals surface area contributed by atoms with Gasteiger partial charge in [0.25, 0.3) is 5.91 Å². The number of carbonyl (C=O) groups excluding carboxylic acids is 2. The Hall–Kier alpha value is -1.81. The van der Waals surface area contributed by atoms with Crippen LogP contribution in [0, 0.1) is 11.3 Å². The normalized spacial score (nSPS) is 18.0. The van der Waals surface area contributed by atoms with Gasteiger partial charge in [-0.2, -0.15) is 5.26 Å². The molecule has 0 radical (unpaired) electrons. The van der Waals surface area contributed by atoms with Gasteiger partial charge in [0, 0.05) is 0 Å². The molecule has 2 rings (SSSR count). The molecule has 1 atom stereocenters. The minimum Gasteiger partial charge on any atom is -0.447 e. The van der Waals surface area contributed by atoms with Crippen molar-refractivity contribution in [1.82, 2.24) is 5.32 Å². The summed E-state index contributed by atoms with van der Waals surface area (Å²) in [6, 6.07) is 5.21.